The zero-order chi connectivity index (χ0) is 14.9. The number of aromatic nitrogens is 2. The Labute approximate surface area is 131 Å². The van der Waals surface area contributed by atoms with Gasteiger partial charge in [0.25, 0.3) is 0 Å². The fraction of sp³-hybridized carbons (Fsp3) is 0.500. The third-order valence-corrected chi connectivity index (χ3v) is 4.79. The standard InChI is InChI=1S/C18H23N3O/c1-13-5-7-14(8-6-13)17-11-21-10-16(22-12-18(21)20-17)9-19-15-3-2-4-15/h5-8,11,15-16,19H,2-4,9-10,12H2,1H3/t16-/m0/s1. The van der Waals surface area contributed by atoms with Gasteiger partial charge in [0.05, 0.1) is 18.3 Å². The van der Waals surface area contributed by atoms with Gasteiger partial charge in [-0.25, -0.2) is 4.98 Å². The van der Waals surface area contributed by atoms with Crippen molar-refractivity contribution in [2.45, 2.75) is 51.5 Å². The second-order valence-corrected chi connectivity index (χ2v) is 6.53. The molecular formula is C18H23N3O. The van der Waals surface area contributed by atoms with Crippen molar-refractivity contribution in [2.24, 2.45) is 0 Å². The predicted octanol–water partition coefficient (Wildman–Crippen LogP) is 2.90. The van der Waals surface area contributed by atoms with Crippen LogP contribution < -0.4 is 5.32 Å². The van der Waals surface area contributed by atoms with Crippen LogP contribution in [0.2, 0.25) is 0 Å². The van der Waals surface area contributed by atoms with Gasteiger partial charge in [0.15, 0.2) is 0 Å². The minimum absolute atomic E-state index is 0.258. The molecule has 2 heterocycles. The fourth-order valence-electron chi connectivity index (χ4n) is 3.09. The summed E-state index contributed by atoms with van der Waals surface area (Å²) in [5.41, 5.74) is 3.50. The first-order valence-corrected chi connectivity index (χ1v) is 8.26. The van der Waals surface area contributed by atoms with Crippen molar-refractivity contribution in [3.8, 4) is 11.3 Å². The van der Waals surface area contributed by atoms with Gasteiger partial charge in [-0.2, -0.15) is 0 Å². The van der Waals surface area contributed by atoms with Gasteiger partial charge in [-0.15, -0.1) is 0 Å². The van der Waals surface area contributed by atoms with Gasteiger partial charge in [0, 0.05) is 24.3 Å². The molecule has 2 aromatic rings. The summed E-state index contributed by atoms with van der Waals surface area (Å²) in [6, 6.07) is 9.27. The summed E-state index contributed by atoms with van der Waals surface area (Å²) < 4.78 is 8.20. The van der Waals surface area contributed by atoms with Gasteiger partial charge in [0.1, 0.15) is 12.4 Å². The van der Waals surface area contributed by atoms with E-state index in [-0.39, 0.29) is 6.10 Å². The molecule has 0 radical (unpaired) electrons. The van der Waals surface area contributed by atoms with Crippen molar-refractivity contribution >= 4 is 0 Å². The fourth-order valence-corrected chi connectivity index (χ4v) is 3.09. The summed E-state index contributed by atoms with van der Waals surface area (Å²) in [6.07, 6.45) is 6.43. The van der Waals surface area contributed by atoms with Gasteiger partial charge in [0.2, 0.25) is 0 Å². The van der Waals surface area contributed by atoms with E-state index in [1.54, 1.807) is 0 Å². The first kappa shape index (κ1) is 14.0. The number of hydrogen-bond donors (Lipinski definition) is 1. The smallest absolute Gasteiger partial charge is 0.135 e. The molecule has 1 N–H and O–H groups in total. The van der Waals surface area contributed by atoms with Gasteiger partial charge >= 0.3 is 0 Å². The summed E-state index contributed by atoms with van der Waals surface area (Å²) in [5, 5.41) is 3.61. The number of hydrogen-bond acceptors (Lipinski definition) is 3. The van der Waals surface area contributed by atoms with E-state index in [0.717, 1.165) is 30.6 Å². The van der Waals surface area contributed by atoms with Gasteiger partial charge in [-0.3, -0.25) is 0 Å². The highest BCUT2D eigenvalue weighted by Crippen LogP contribution is 2.23. The second-order valence-electron chi connectivity index (χ2n) is 6.53. The zero-order valence-electron chi connectivity index (χ0n) is 13.1. The molecule has 1 aromatic carbocycles. The monoisotopic (exact) mass is 297 g/mol. The average molecular weight is 297 g/mol. The molecule has 0 saturated heterocycles. The SMILES string of the molecule is Cc1ccc(-c2cn3c(n2)CO[C@@H](CNC2CCC2)C3)cc1. The maximum absolute atomic E-state index is 5.95. The highest BCUT2D eigenvalue weighted by molar-refractivity contribution is 5.59. The van der Waals surface area contributed by atoms with Crippen LogP contribution in [0.3, 0.4) is 0 Å². The average Bonchev–Trinajstić information content (AvgIpc) is 2.89. The normalized spacial score (nSPS) is 21.4. The molecule has 1 atom stereocenters. The van der Waals surface area contributed by atoms with E-state index in [1.807, 2.05) is 0 Å². The Morgan fingerprint density at radius 3 is 2.82 bits per heavy atom. The Morgan fingerprint density at radius 1 is 1.27 bits per heavy atom. The van der Waals surface area contributed by atoms with Crippen molar-refractivity contribution in [1.29, 1.82) is 0 Å². The number of nitrogens with zero attached hydrogens (tertiary/aromatic N) is 2. The molecule has 0 amide bonds. The topological polar surface area (TPSA) is 39.1 Å². The molecule has 22 heavy (non-hydrogen) atoms. The molecule has 1 aromatic heterocycles. The van der Waals surface area contributed by atoms with Gasteiger partial charge < -0.3 is 14.6 Å². The molecule has 4 nitrogen and oxygen atoms in total. The van der Waals surface area contributed by atoms with E-state index in [1.165, 1.54) is 30.4 Å². The van der Waals surface area contributed by atoms with Crippen LogP contribution in [-0.4, -0.2) is 28.2 Å². The number of imidazole rings is 1. The van der Waals surface area contributed by atoms with Crippen LogP contribution in [0.5, 0.6) is 0 Å². The lowest BCUT2D eigenvalue weighted by Gasteiger charge is -2.30. The summed E-state index contributed by atoms with van der Waals surface area (Å²) in [4.78, 5) is 4.73. The lowest BCUT2D eigenvalue weighted by Crippen LogP contribution is -2.43. The van der Waals surface area contributed by atoms with Crippen LogP contribution in [-0.2, 0) is 17.9 Å². The molecule has 0 spiro atoms. The van der Waals surface area contributed by atoms with Crippen LogP contribution in [0.1, 0.15) is 30.7 Å². The molecule has 1 aliphatic carbocycles. The summed E-state index contributed by atoms with van der Waals surface area (Å²) in [7, 11) is 0. The molecule has 2 aliphatic rings. The maximum Gasteiger partial charge on any atom is 0.135 e. The van der Waals surface area contributed by atoms with Crippen molar-refractivity contribution in [3.63, 3.8) is 0 Å². The Balaban J connectivity index is 1.44. The molecule has 0 unspecified atom stereocenters. The van der Waals surface area contributed by atoms with E-state index in [0.29, 0.717) is 6.61 Å². The second kappa shape index (κ2) is 5.86. The van der Waals surface area contributed by atoms with E-state index >= 15 is 0 Å². The molecule has 0 bridgehead atoms. The van der Waals surface area contributed by atoms with Crippen molar-refractivity contribution in [3.05, 3.63) is 41.9 Å². The number of nitrogens with one attached hydrogen (secondary N) is 1. The molecule has 1 aliphatic heterocycles. The van der Waals surface area contributed by atoms with E-state index in [9.17, 15) is 0 Å². The van der Waals surface area contributed by atoms with Crippen LogP contribution in [0.4, 0.5) is 0 Å². The predicted molar refractivity (Wildman–Crippen MR) is 86.6 cm³/mol. The van der Waals surface area contributed by atoms with E-state index in [2.05, 4.69) is 47.3 Å². The minimum atomic E-state index is 0.258. The first-order chi connectivity index (χ1) is 10.8. The number of rotatable bonds is 4. The van der Waals surface area contributed by atoms with E-state index in [4.69, 9.17) is 9.72 Å². The van der Waals surface area contributed by atoms with Gasteiger partial charge in [-0.05, 0) is 19.8 Å². The van der Waals surface area contributed by atoms with Crippen molar-refractivity contribution < 1.29 is 4.74 Å². The lowest BCUT2D eigenvalue weighted by molar-refractivity contribution is 0.0000580. The van der Waals surface area contributed by atoms with Crippen molar-refractivity contribution in [2.75, 3.05) is 6.54 Å². The first-order valence-electron chi connectivity index (χ1n) is 8.26. The number of ether oxygens (including phenoxy) is 1. The third-order valence-electron chi connectivity index (χ3n) is 4.79. The van der Waals surface area contributed by atoms with E-state index < -0.39 is 0 Å². The Bertz CT molecular complexity index is 643. The van der Waals surface area contributed by atoms with Crippen molar-refractivity contribution in [1.82, 2.24) is 14.9 Å². The maximum atomic E-state index is 5.95. The van der Waals surface area contributed by atoms with Crippen LogP contribution >= 0.6 is 0 Å². The molecule has 116 valence electrons. The lowest BCUT2D eigenvalue weighted by atomic mass is 9.93. The molecular weight excluding hydrogens is 274 g/mol. The van der Waals surface area contributed by atoms with Crippen LogP contribution in [0, 0.1) is 6.92 Å². The van der Waals surface area contributed by atoms with Gasteiger partial charge in [-0.1, -0.05) is 36.2 Å². The Hall–Kier alpha value is -1.65. The summed E-state index contributed by atoms with van der Waals surface area (Å²) in [5.74, 6) is 1.04. The summed E-state index contributed by atoms with van der Waals surface area (Å²) >= 11 is 0. The molecule has 1 saturated carbocycles. The van der Waals surface area contributed by atoms with Crippen LogP contribution in [0.25, 0.3) is 11.3 Å². The third kappa shape index (κ3) is 2.81. The molecule has 1 fully saturated rings. The zero-order valence-corrected chi connectivity index (χ0v) is 13.1. The minimum Gasteiger partial charge on any atom is -0.367 e. The Morgan fingerprint density at radius 2 is 2.09 bits per heavy atom. The number of aryl methyl sites for hydroxylation is 1. The number of fused-ring (bicyclic) bond motifs is 1. The highest BCUT2D eigenvalue weighted by Gasteiger charge is 2.23. The highest BCUT2D eigenvalue weighted by atomic mass is 16.5. The molecule has 4 rings (SSSR count). The largest absolute Gasteiger partial charge is 0.367 e. The summed E-state index contributed by atoms with van der Waals surface area (Å²) in [6.45, 7) is 4.56. The Kier molecular flexibility index (Phi) is 3.72. The van der Waals surface area contributed by atoms with Crippen LogP contribution in [0.15, 0.2) is 30.5 Å². The molecule has 4 heteroatoms. The quantitative estimate of drug-likeness (QED) is 0.943. The number of benzene rings is 1.